The Kier molecular flexibility index (Phi) is 6.09. The zero-order valence-electron chi connectivity index (χ0n) is 16.0. The fraction of sp³-hybridized carbons (Fsp3) is 0.261. The minimum atomic E-state index is -0.398. The van der Waals surface area contributed by atoms with Crippen molar-refractivity contribution in [1.29, 1.82) is 0 Å². The average molecular weight is 362 g/mol. The molecule has 4 heteroatoms. The lowest BCUT2D eigenvalue weighted by molar-refractivity contribution is -0.117. The Labute approximate surface area is 160 Å². The van der Waals surface area contributed by atoms with Crippen LogP contribution in [0.3, 0.4) is 0 Å². The second-order valence-corrected chi connectivity index (χ2v) is 7.01. The zero-order valence-corrected chi connectivity index (χ0v) is 16.0. The van der Waals surface area contributed by atoms with Crippen LogP contribution in [0.25, 0.3) is 0 Å². The number of nitrogens with one attached hydrogen (secondary N) is 2. The Morgan fingerprint density at radius 2 is 1.56 bits per heavy atom. The predicted molar refractivity (Wildman–Crippen MR) is 109 cm³/mol. The van der Waals surface area contributed by atoms with Crippen molar-refractivity contribution in [1.82, 2.24) is 5.32 Å². The van der Waals surface area contributed by atoms with Crippen molar-refractivity contribution < 1.29 is 9.21 Å². The summed E-state index contributed by atoms with van der Waals surface area (Å²) < 4.78 is 5.59. The molecule has 0 unspecified atom stereocenters. The van der Waals surface area contributed by atoms with Gasteiger partial charge in [-0.15, -0.1) is 0 Å². The Morgan fingerprint density at radius 1 is 0.852 bits per heavy atom. The Hall–Kier alpha value is -2.85. The summed E-state index contributed by atoms with van der Waals surface area (Å²) >= 11 is 0. The number of carbonyl (C=O) groups excluding carboxylic acids is 1. The number of hydrogen-bond acceptors (Lipinski definition) is 3. The van der Waals surface area contributed by atoms with E-state index in [1.54, 1.807) is 6.26 Å². The molecule has 0 aliphatic heterocycles. The number of anilines is 1. The van der Waals surface area contributed by atoms with E-state index in [1.807, 2.05) is 73.7 Å². The summed E-state index contributed by atoms with van der Waals surface area (Å²) in [5.74, 6) is 1.16. The van der Waals surface area contributed by atoms with Gasteiger partial charge in [-0.3, -0.25) is 10.1 Å². The van der Waals surface area contributed by atoms with Crippen LogP contribution in [-0.4, -0.2) is 11.9 Å². The fourth-order valence-electron chi connectivity index (χ4n) is 2.97. The van der Waals surface area contributed by atoms with Crippen molar-refractivity contribution in [2.75, 3.05) is 5.32 Å². The number of carbonyl (C=O) groups is 1. The SMILES string of the molecule is CC(C)c1ccc(NC(=O)[C@H](C)N[C@@H](c2ccccc2)c2ccco2)cc1. The first-order valence-corrected chi connectivity index (χ1v) is 9.30. The molecule has 2 N–H and O–H groups in total. The van der Waals surface area contributed by atoms with Gasteiger partial charge in [-0.2, -0.15) is 0 Å². The first-order valence-electron chi connectivity index (χ1n) is 9.30. The number of amides is 1. The maximum Gasteiger partial charge on any atom is 0.241 e. The number of hydrogen-bond donors (Lipinski definition) is 2. The molecule has 4 nitrogen and oxygen atoms in total. The Balaban J connectivity index is 1.70. The zero-order chi connectivity index (χ0) is 19.2. The largest absolute Gasteiger partial charge is 0.467 e. The summed E-state index contributed by atoms with van der Waals surface area (Å²) in [6, 6.07) is 21.2. The van der Waals surface area contributed by atoms with Crippen LogP contribution in [0.5, 0.6) is 0 Å². The van der Waals surface area contributed by atoms with Gasteiger partial charge >= 0.3 is 0 Å². The van der Waals surface area contributed by atoms with Gasteiger partial charge in [0.15, 0.2) is 0 Å². The highest BCUT2D eigenvalue weighted by Crippen LogP contribution is 2.23. The lowest BCUT2D eigenvalue weighted by Crippen LogP contribution is -2.40. The van der Waals surface area contributed by atoms with Crippen LogP contribution in [-0.2, 0) is 4.79 Å². The number of furan rings is 1. The fourth-order valence-corrected chi connectivity index (χ4v) is 2.97. The van der Waals surface area contributed by atoms with Crippen LogP contribution in [0.1, 0.15) is 49.6 Å². The normalized spacial score (nSPS) is 13.3. The maximum absolute atomic E-state index is 12.7. The third-order valence-electron chi connectivity index (χ3n) is 4.62. The molecule has 0 saturated carbocycles. The molecule has 0 fully saturated rings. The van der Waals surface area contributed by atoms with Crippen molar-refractivity contribution in [3.8, 4) is 0 Å². The van der Waals surface area contributed by atoms with E-state index in [4.69, 9.17) is 4.42 Å². The van der Waals surface area contributed by atoms with E-state index in [9.17, 15) is 4.79 Å². The molecule has 140 valence electrons. The van der Waals surface area contributed by atoms with E-state index in [2.05, 4.69) is 24.5 Å². The van der Waals surface area contributed by atoms with Gasteiger partial charge in [0.1, 0.15) is 5.76 Å². The molecule has 3 rings (SSSR count). The van der Waals surface area contributed by atoms with E-state index >= 15 is 0 Å². The van der Waals surface area contributed by atoms with E-state index in [0.717, 1.165) is 17.0 Å². The molecule has 1 heterocycles. The van der Waals surface area contributed by atoms with Crippen molar-refractivity contribution in [3.63, 3.8) is 0 Å². The Morgan fingerprint density at radius 3 is 2.15 bits per heavy atom. The second-order valence-electron chi connectivity index (χ2n) is 7.01. The minimum Gasteiger partial charge on any atom is -0.467 e. The summed E-state index contributed by atoms with van der Waals surface area (Å²) in [5, 5.41) is 6.36. The minimum absolute atomic E-state index is 0.0835. The molecule has 1 aromatic heterocycles. The van der Waals surface area contributed by atoms with Gasteiger partial charge in [-0.25, -0.2) is 0 Å². The summed E-state index contributed by atoms with van der Waals surface area (Å²) in [5.41, 5.74) is 3.10. The molecule has 0 bridgehead atoms. The van der Waals surface area contributed by atoms with Crippen molar-refractivity contribution in [2.45, 2.75) is 38.8 Å². The second kappa shape index (κ2) is 8.69. The maximum atomic E-state index is 12.7. The molecule has 2 aromatic carbocycles. The lowest BCUT2D eigenvalue weighted by Gasteiger charge is -2.22. The molecule has 0 radical (unpaired) electrons. The summed E-state index contributed by atoms with van der Waals surface area (Å²) in [4.78, 5) is 12.7. The molecule has 1 amide bonds. The highest BCUT2D eigenvalue weighted by atomic mass is 16.3. The van der Waals surface area contributed by atoms with Crippen molar-refractivity contribution in [3.05, 3.63) is 89.9 Å². The van der Waals surface area contributed by atoms with Gasteiger partial charge in [-0.05, 0) is 48.2 Å². The third-order valence-corrected chi connectivity index (χ3v) is 4.62. The van der Waals surface area contributed by atoms with Crippen LogP contribution in [0.2, 0.25) is 0 Å². The van der Waals surface area contributed by atoms with Crippen LogP contribution in [0.15, 0.2) is 77.4 Å². The van der Waals surface area contributed by atoms with Gasteiger partial charge in [0.05, 0.1) is 18.3 Å². The molecular weight excluding hydrogens is 336 g/mol. The average Bonchev–Trinajstić information content (AvgIpc) is 3.21. The third kappa shape index (κ3) is 4.86. The van der Waals surface area contributed by atoms with Crippen LogP contribution in [0, 0.1) is 0 Å². The quantitative estimate of drug-likeness (QED) is 0.614. The van der Waals surface area contributed by atoms with Crippen LogP contribution >= 0.6 is 0 Å². The molecule has 27 heavy (non-hydrogen) atoms. The molecule has 0 aliphatic rings. The molecule has 0 spiro atoms. The molecule has 2 atom stereocenters. The number of rotatable bonds is 7. The standard InChI is InChI=1S/C23H26N2O2/c1-16(2)18-11-13-20(14-12-18)25-23(26)17(3)24-22(21-10-7-15-27-21)19-8-5-4-6-9-19/h4-17,22,24H,1-3H3,(H,25,26)/t17-,22-/m0/s1. The summed E-state index contributed by atoms with van der Waals surface area (Å²) in [7, 11) is 0. The van der Waals surface area contributed by atoms with Gasteiger partial charge in [0.2, 0.25) is 5.91 Å². The van der Waals surface area contributed by atoms with Crippen molar-refractivity contribution in [2.24, 2.45) is 0 Å². The monoisotopic (exact) mass is 362 g/mol. The summed E-state index contributed by atoms with van der Waals surface area (Å²) in [6.45, 7) is 6.16. The summed E-state index contributed by atoms with van der Waals surface area (Å²) in [6.07, 6.45) is 1.65. The van der Waals surface area contributed by atoms with Crippen molar-refractivity contribution >= 4 is 11.6 Å². The van der Waals surface area contributed by atoms with E-state index in [1.165, 1.54) is 5.56 Å². The Bertz CT molecular complexity index is 840. The van der Waals surface area contributed by atoms with Gasteiger partial charge in [-0.1, -0.05) is 56.3 Å². The molecule has 3 aromatic rings. The lowest BCUT2D eigenvalue weighted by atomic mass is 10.0. The number of benzene rings is 2. The van der Waals surface area contributed by atoms with E-state index in [-0.39, 0.29) is 11.9 Å². The topological polar surface area (TPSA) is 54.3 Å². The van der Waals surface area contributed by atoms with E-state index < -0.39 is 6.04 Å². The van der Waals surface area contributed by atoms with Gasteiger partial charge < -0.3 is 9.73 Å². The van der Waals surface area contributed by atoms with Gasteiger partial charge in [0.25, 0.3) is 0 Å². The smallest absolute Gasteiger partial charge is 0.241 e. The molecular formula is C23H26N2O2. The van der Waals surface area contributed by atoms with E-state index in [0.29, 0.717) is 5.92 Å². The van der Waals surface area contributed by atoms with Crippen LogP contribution < -0.4 is 10.6 Å². The van der Waals surface area contributed by atoms with Gasteiger partial charge in [0, 0.05) is 5.69 Å². The molecule has 0 saturated heterocycles. The first-order chi connectivity index (χ1) is 13.0. The molecule has 0 aliphatic carbocycles. The highest BCUT2D eigenvalue weighted by molar-refractivity contribution is 5.94. The first kappa shape index (κ1) is 18.9. The van der Waals surface area contributed by atoms with Crippen LogP contribution in [0.4, 0.5) is 5.69 Å². The predicted octanol–water partition coefficient (Wildman–Crippen LogP) is 5.11. The highest BCUT2D eigenvalue weighted by Gasteiger charge is 2.22.